The van der Waals surface area contributed by atoms with E-state index in [4.69, 9.17) is 0 Å². The number of thiazole rings is 1. The lowest BCUT2D eigenvalue weighted by Crippen LogP contribution is -2.36. The van der Waals surface area contributed by atoms with E-state index in [2.05, 4.69) is 16.4 Å². The molecule has 1 aliphatic heterocycles. The second kappa shape index (κ2) is 7.13. The van der Waals surface area contributed by atoms with Gasteiger partial charge in [0.15, 0.2) is 0 Å². The summed E-state index contributed by atoms with van der Waals surface area (Å²) in [6.45, 7) is 4.78. The number of aryl methyl sites for hydroxylation is 2. The predicted octanol–water partition coefficient (Wildman–Crippen LogP) is 2.93. The van der Waals surface area contributed by atoms with E-state index in [1.807, 2.05) is 29.5 Å². The molecule has 1 aliphatic rings. The van der Waals surface area contributed by atoms with Crippen LogP contribution < -0.4 is 5.32 Å². The molecule has 2 heterocycles. The van der Waals surface area contributed by atoms with Crippen LogP contribution in [-0.2, 0) is 29.0 Å². The number of nitrogens with zero attached hydrogens (tertiary/aromatic N) is 2. The normalized spacial score (nSPS) is 13.5. The first-order valence-corrected chi connectivity index (χ1v) is 8.97. The maximum atomic E-state index is 12.6. The number of anilines is 1. The van der Waals surface area contributed by atoms with Crippen LogP contribution >= 0.6 is 11.3 Å². The van der Waals surface area contributed by atoms with Crippen LogP contribution in [0.3, 0.4) is 0 Å². The minimum atomic E-state index is -0.0903. The number of hydrogen-bond acceptors (Lipinski definition) is 4. The number of carbonyl (C=O) groups excluding carboxylic acids is 2. The summed E-state index contributed by atoms with van der Waals surface area (Å²) < 4.78 is 0. The number of nitrogens with one attached hydrogen (secondary N) is 1. The summed E-state index contributed by atoms with van der Waals surface area (Å²) >= 11 is 1.61. The van der Waals surface area contributed by atoms with Crippen molar-refractivity contribution in [3.05, 3.63) is 45.4 Å². The molecule has 2 amide bonds. The monoisotopic (exact) mass is 343 g/mol. The third kappa shape index (κ3) is 3.64. The molecular weight excluding hydrogens is 322 g/mol. The summed E-state index contributed by atoms with van der Waals surface area (Å²) in [6.07, 6.45) is 2.07. The number of hydrogen-bond donors (Lipinski definition) is 1. The van der Waals surface area contributed by atoms with Crippen molar-refractivity contribution >= 4 is 28.8 Å². The Bertz CT molecular complexity index is 769. The van der Waals surface area contributed by atoms with Crippen LogP contribution in [0.25, 0.3) is 0 Å². The van der Waals surface area contributed by atoms with Gasteiger partial charge in [0.25, 0.3) is 0 Å². The van der Waals surface area contributed by atoms with E-state index in [0.29, 0.717) is 13.0 Å². The van der Waals surface area contributed by atoms with Gasteiger partial charge in [-0.2, -0.15) is 0 Å². The molecule has 0 saturated heterocycles. The molecule has 0 bridgehead atoms. The predicted molar refractivity (Wildman–Crippen MR) is 95.0 cm³/mol. The molecule has 0 radical (unpaired) electrons. The lowest BCUT2D eigenvalue weighted by atomic mass is 9.97. The highest BCUT2D eigenvalue weighted by atomic mass is 32.1. The number of aromatic nitrogens is 1. The smallest absolute Gasteiger partial charge is 0.223 e. The van der Waals surface area contributed by atoms with Gasteiger partial charge >= 0.3 is 0 Å². The molecule has 1 aromatic carbocycles. The van der Waals surface area contributed by atoms with Crippen LogP contribution in [0.5, 0.6) is 0 Å². The fraction of sp³-hybridized carbons (Fsp3) is 0.389. The fourth-order valence-electron chi connectivity index (χ4n) is 3.05. The van der Waals surface area contributed by atoms with Crippen LogP contribution in [-0.4, -0.2) is 28.2 Å². The van der Waals surface area contributed by atoms with E-state index in [0.717, 1.165) is 36.3 Å². The lowest BCUT2D eigenvalue weighted by Gasteiger charge is -2.30. The van der Waals surface area contributed by atoms with E-state index < -0.39 is 0 Å². The van der Waals surface area contributed by atoms with Crippen LogP contribution in [0.15, 0.2) is 23.7 Å². The van der Waals surface area contributed by atoms with Gasteiger partial charge in [0, 0.05) is 37.0 Å². The van der Waals surface area contributed by atoms with Gasteiger partial charge in [0.2, 0.25) is 11.8 Å². The fourth-order valence-corrected chi connectivity index (χ4v) is 3.83. The molecule has 3 rings (SSSR count). The van der Waals surface area contributed by atoms with Gasteiger partial charge in [-0.1, -0.05) is 12.1 Å². The second-order valence-electron chi connectivity index (χ2n) is 6.05. The topological polar surface area (TPSA) is 62.3 Å². The maximum absolute atomic E-state index is 12.6. The van der Waals surface area contributed by atoms with Crippen LogP contribution in [0.1, 0.15) is 35.0 Å². The van der Waals surface area contributed by atoms with Gasteiger partial charge in [0.1, 0.15) is 0 Å². The summed E-state index contributed by atoms with van der Waals surface area (Å²) in [5, 5.41) is 2.87. The molecule has 5 nitrogen and oxygen atoms in total. The van der Waals surface area contributed by atoms with Crippen molar-refractivity contribution in [3.63, 3.8) is 0 Å². The standard InChI is InChI=1S/C18H21N3O2S/c1-12-17(24-11-19-12)6-7-18(23)21-9-8-14-4-3-5-16(15(14)10-21)20-13(2)22/h3-5,11H,6-10H2,1-2H3,(H,20,22). The minimum absolute atomic E-state index is 0.0903. The summed E-state index contributed by atoms with van der Waals surface area (Å²) in [7, 11) is 0. The average Bonchev–Trinajstić information content (AvgIpc) is 2.97. The number of benzene rings is 1. The van der Waals surface area contributed by atoms with Crippen molar-refractivity contribution in [2.24, 2.45) is 0 Å². The molecule has 0 atom stereocenters. The summed E-state index contributed by atoms with van der Waals surface area (Å²) in [5.74, 6) is 0.0681. The number of carbonyl (C=O) groups is 2. The molecule has 2 aromatic rings. The zero-order chi connectivity index (χ0) is 17.1. The lowest BCUT2D eigenvalue weighted by molar-refractivity contribution is -0.132. The highest BCUT2D eigenvalue weighted by molar-refractivity contribution is 7.09. The molecule has 0 aliphatic carbocycles. The zero-order valence-electron chi connectivity index (χ0n) is 14.0. The first-order chi connectivity index (χ1) is 11.5. The van der Waals surface area contributed by atoms with E-state index >= 15 is 0 Å². The highest BCUT2D eigenvalue weighted by Gasteiger charge is 2.23. The van der Waals surface area contributed by atoms with Crippen molar-refractivity contribution in [3.8, 4) is 0 Å². The van der Waals surface area contributed by atoms with Crippen molar-refractivity contribution in [1.29, 1.82) is 0 Å². The second-order valence-corrected chi connectivity index (χ2v) is 6.99. The van der Waals surface area contributed by atoms with Gasteiger partial charge in [-0.25, -0.2) is 4.98 Å². The van der Waals surface area contributed by atoms with Crippen LogP contribution in [0.4, 0.5) is 5.69 Å². The van der Waals surface area contributed by atoms with Gasteiger partial charge in [0.05, 0.1) is 11.2 Å². The molecule has 0 unspecified atom stereocenters. The largest absolute Gasteiger partial charge is 0.338 e. The average molecular weight is 343 g/mol. The highest BCUT2D eigenvalue weighted by Crippen LogP contribution is 2.27. The van der Waals surface area contributed by atoms with E-state index in [-0.39, 0.29) is 11.8 Å². The molecule has 1 aromatic heterocycles. The third-order valence-corrected chi connectivity index (χ3v) is 5.34. The van der Waals surface area contributed by atoms with E-state index in [1.54, 1.807) is 11.3 Å². The van der Waals surface area contributed by atoms with Crippen LogP contribution in [0, 0.1) is 6.92 Å². The zero-order valence-corrected chi connectivity index (χ0v) is 14.8. The quantitative estimate of drug-likeness (QED) is 0.928. The molecule has 0 fully saturated rings. The van der Waals surface area contributed by atoms with Gasteiger partial charge in [-0.3, -0.25) is 9.59 Å². The Hall–Kier alpha value is -2.21. The Kier molecular flexibility index (Phi) is 4.94. The summed E-state index contributed by atoms with van der Waals surface area (Å²) in [4.78, 5) is 31.3. The van der Waals surface area contributed by atoms with Crippen molar-refractivity contribution in [2.75, 3.05) is 11.9 Å². The minimum Gasteiger partial charge on any atom is -0.338 e. The third-order valence-electron chi connectivity index (χ3n) is 4.35. The van der Waals surface area contributed by atoms with Crippen molar-refractivity contribution < 1.29 is 9.59 Å². The molecule has 6 heteroatoms. The Morgan fingerprint density at radius 1 is 1.38 bits per heavy atom. The molecule has 126 valence electrons. The van der Waals surface area contributed by atoms with Crippen molar-refractivity contribution in [2.45, 2.75) is 39.7 Å². The molecule has 0 saturated carbocycles. The van der Waals surface area contributed by atoms with Crippen molar-refractivity contribution in [1.82, 2.24) is 9.88 Å². The Labute approximate surface area is 145 Å². The summed E-state index contributed by atoms with van der Waals surface area (Å²) in [5.41, 5.74) is 5.93. The van der Waals surface area contributed by atoms with Gasteiger partial charge in [-0.05, 0) is 37.0 Å². The first kappa shape index (κ1) is 16.6. The SMILES string of the molecule is CC(=O)Nc1cccc2c1CN(C(=O)CCc1scnc1C)CC2. The molecule has 1 N–H and O–H groups in total. The van der Waals surface area contributed by atoms with E-state index in [9.17, 15) is 9.59 Å². The Balaban J connectivity index is 1.68. The summed E-state index contributed by atoms with van der Waals surface area (Å²) in [6, 6.07) is 5.92. The Morgan fingerprint density at radius 2 is 2.21 bits per heavy atom. The first-order valence-electron chi connectivity index (χ1n) is 8.09. The molecular formula is C18H21N3O2S. The number of fused-ring (bicyclic) bond motifs is 1. The van der Waals surface area contributed by atoms with Gasteiger partial charge < -0.3 is 10.2 Å². The molecule has 0 spiro atoms. The van der Waals surface area contributed by atoms with E-state index in [1.165, 1.54) is 17.4 Å². The van der Waals surface area contributed by atoms with Crippen LogP contribution in [0.2, 0.25) is 0 Å². The van der Waals surface area contributed by atoms with Gasteiger partial charge in [-0.15, -0.1) is 11.3 Å². The number of amides is 2. The maximum Gasteiger partial charge on any atom is 0.223 e. The molecule has 24 heavy (non-hydrogen) atoms. The Morgan fingerprint density at radius 3 is 2.92 bits per heavy atom. The number of rotatable bonds is 4.